The van der Waals surface area contributed by atoms with Gasteiger partial charge in [-0.15, -0.1) is 0 Å². The third-order valence-electron chi connectivity index (χ3n) is 5.19. The van der Waals surface area contributed by atoms with Crippen LogP contribution < -0.4 is 10.5 Å². The second kappa shape index (κ2) is 9.45. The van der Waals surface area contributed by atoms with Gasteiger partial charge in [0.15, 0.2) is 0 Å². The molecule has 0 saturated heterocycles. The van der Waals surface area contributed by atoms with Crippen LogP contribution in [0.3, 0.4) is 0 Å². The molecule has 172 valence electrons. The minimum Gasteiger partial charge on any atom is -0.459 e. The van der Waals surface area contributed by atoms with Crippen LogP contribution in [-0.4, -0.2) is 31.3 Å². The third kappa shape index (κ3) is 5.29. The van der Waals surface area contributed by atoms with Crippen LogP contribution in [0.15, 0.2) is 29.2 Å². The van der Waals surface area contributed by atoms with Crippen LogP contribution in [0.4, 0.5) is 5.69 Å². The number of aryl methyl sites for hydroxylation is 2. The molecule has 11 heteroatoms. The quantitative estimate of drug-likeness (QED) is 0.345. The Bertz CT molecular complexity index is 1180. The summed E-state index contributed by atoms with van der Waals surface area (Å²) >= 11 is 0. The molecule has 3 N–H and O–H groups in total. The number of carbonyl (C=O) groups is 2. The van der Waals surface area contributed by atoms with Gasteiger partial charge in [-0.25, -0.2) is 8.42 Å². The van der Waals surface area contributed by atoms with E-state index in [1.807, 2.05) is 6.07 Å². The molecule has 0 aliphatic rings. The maximum absolute atomic E-state index is 13.0. The van der Waals surface area contributed by atoms with E-state index >= 15 is 0 Å². The lowest BCUT2D eigenvalue weighted by molar-refractivity contribution is -0.385. The van der Waals surface area contributed by atoms with Crippen molar-refractivity contribution in [3.05, 3.63) is 67.8 Å². The molecule has 0 aliphatic heterocycles. The van der Waals surface area contributed by atoms with E-state index in [1.165, 1.54) is 19.1 Å². The minimum absolute atomic E-state index is 0.0319. The summed E-state index contributed by atoms with van der Waals surface area (Å²) < 4.78 is 33.3. The Hall–Kier alpha value is -3.31. The number of esters is 1. The van der Waals surface area contributed by atoms with Gasteiger partial charge in [0, 0.05) is 11.6 Å². The number of nitro groups is 1. The van der Waals surface area contributed by atoms with Crippen LogP contribution in [0, 0.1) is 37.8 Å². The molecule has 0 radical (unpaired) electrons. The van der Waals surface area contributed by atoms with Crippen molar-refractivity contribution in [2.45, 2.75) is 52.2 Å². The number of sulfonamides is 1. The molecule has 0 aromatic heterocycles. The normalized spacial score (nSPS) is 12.3. The van der Waals surface area contributed by atoms with Crippen molar-refractivity contribution in [1.29, 1.82) is 0 Å². The highest BCUT2D eigenvalue weighted by Gasteiger charge is 2.28. The predicted octanol–water partition coefficient (Wildman–Crippen LogP) is 2.34. The zero-order valence-corrected chi connectivity index (χ0v) is 19.2. The first-order valence-electron chi connectivity index (χ1n) is 9.59. The number of rotatable bonds is 8. The van der Waals surface area contributed by atoms with Crippen LogP contribution in [-0.2, 0) is 26.2 Å². The molecule has 1 atom stereocenters. The van der Waals surface area contributed by atoms with Crippen molar-refractivity contribution >= 4 is 27.6 Å². The number of primary amides is 1. The fourth-order valence-electron chi connectivity index (χ4n) is 3.21. The van der Waals surface area contributed by atoms with Gasteiger partial charge in [-0.2, -0.15) is 4.72 Å². The molecule has 0 heterocycles. The van der Waals surface area contributed by atoms with Gasteiger partial charge in [0.05, 0.1) is 15.4 Å². The molecule has 10 nitrogen and oxygen atoms in total. The predicted molar refractivity (Wildman–Crippen MR) is 117 cm³/mol. The number of benzene rings is 2. The van der Waals surface area contributed by atoms with Gasteiger partial charge >= 0.3 is 5.97 Å². The van der Waals surface area contributed by atoms with E-state index < -0.39 is 45.2 Å². The molecule has 0 aliphatic carbocycles. The lowest BCUT2D eigenvalue weighted by Crippen LogP contribution is -2.40. The Morgan fingerprint density at radius 2 is 1.69 bits per heavy atom. The maximum Gasteiger partial charge on any atom is 0.324 e. The zero-order valence-electron chi connectivity index (χ0n) is 18.4. The monoisotopic (exact) mass is 463 g/mol. The SMILES string of the molecule is Cc1cc(C)c(C)c(S(=O)(=O)N[C@@H](C)C(=O)OCc2ccc(C(N)=O)cc2[N+](=O)[O-])c1C. The number of ether oxygens (including phenoxy) is 1. The summed E-state index contributed by atoms with van der Waals surface area (Å²) in [6.07, 6.45) is 0. The lowest BCUT2D eigenvalue weighted by Gasteiger charge is -2.18. The number of hydrogen-bond donors (Lipinski definition) is 2. The summed E-state index contributed by atoms with van der Waals surface area (Å²) in [5.41, 5.74) is 7.41. The van der Waals surface area contributed by atoms with E-state index in [9.17, 15) is 28.1 Å². The molecule has 1 amide bonds. The molecular formula is C21H25N3O7S. The number of nitrogens with one attached hydrogen (secondary N) is 1. The van der Waals surface area contributed by atoms with E-state index in [4.69, 9.17) is 10.5 Å². The average molecular weight is 464 g/mol. The highest BCUT2D eigenvalue weighted by molar-refractivity contribution is 7.89. The summed E-state index contributed by atoms with van der Waals surface area (Å²) in [4.78, 5) is 34.3. The summed E-state index contributed by atoms with van der Waals surface area (Å²) in [5, 5.41) is 11.3. The maximum atomic E-state index is 13.0. The Labute approximate surface area is 186 Å². The first-order chi connectivity index (χ1) is 14.8. The molecule has 0 bridgehead atoms. The minimum atomic E-state index is -4.04. The van der Waals surface area contributed by atoms with E-state index in [-0.39, 0.29) is 16.0 Å². The molecular weight excluding hydrogens is 438 g/mol. The smallest absolute Gasteiger partial charge is 0.324 e. The van der Waals surface area contributed by atoms with Crippen molar-refractivity contribution in [1.82, 2.24) is 4.72 Å². The molecule has 0 spiro atoms. The Morgan fingerprint density at radius 1 is 1.12 bits per heavy atom. The largest absolute Gasteiger partial charge is 0.459 e. The van der Waals surface area contributed by atoms with Crippen molar-refractivity contribution in [2.75, 3.05) is 0 Å². The molecule has 2 aromatic carbocycles. The van der Waals surface area contributed by atoms with Gasteiger partial charge in [-0.1, -0.05) is 6.07 Å². The summed E-state index contributed by atoms with van der Waals surface area (Å²) in [5.74, 6) is -1.75. The second-order valence-corrected chi connectivity index (χ2v) is 9.16. The average Bonchev–Trinajstić information content (AvgIpc) is 2.69. The van der Waals surface area contributed by atoms with Crippen molar-refractivity contribution in [3.63, 3.8) is 0 Å². The number of carbonyl (C=O) groups excluding carboxylic acids is 2. The van der Waals surface area contributed by atoms with Crippen molar-refractivity contribution in [2.24, 2.45) is 5.73 Å². The zero-order chi connectivity index (χ0) is 24.4. The van der Waals surface area contributed by atoms with E-state index in [0.717, 1.165) is 17.2 Å². The lowest BCUT2D eigenvalue weighted by atomic mass is 10.0. The van der Waals surface area contributed by atoms with Crippen molar-refractivity contribution < 1.29 is 27.7 Å². The van der Waals surface area contributed by atoms with Crippen LogP contribution in [0.2, 0.25) is 0 Å². The van der Waals surface area contributed by atoms with E-state index in [0.29, 0.717) is 11.1 Å². The fourth-order valence-corrected chi connectivity index (χ4v) is 5.01. The summed E-state index contributed by atoms with van der Waals surface area (Å²) in [6.45, 7) is 7.81. The molecule has 0 fully saturated rings. The van der Waals surface area contributed by atoms with Crippen LogP contribution in [0.25, 0.3) is 0 Å². The fraction of sp³-hybridized carbons (Fsp3) is 0.333. The summed E-state index contributed by atoms with van der Waals surface area (Å²) in [6, 6.07) is 4.16. The van der Waals surface area contributed by atoms with Crippen molar-refractivity contribution in [3.8, 4) is 0 Å². The first-order valence-corrected chi connectivity index (χ1v) is 11.1. The van der Waals surface area contributed by atoms with Crippen LogP contribution >= 0.6 is 0 Å². The van der Waals surface area contributed by atoms with Gasteiger partial charge in [0.25, 0.3) is 5.69 Å². The Kier molecular flexibility index (Phi) is 7.37. The molecule has 32 heavy (non-hydrogen) atoms. The van der Waals surface area contributed by atoms with Crippen LogP contribution in [0.1, 0.15) is 45.1 Å². The Balaban J connectivity index is 2.20. The molecule has 0 saturated carbocycles. The highest BCUT2D eigenvalue weighted by atomic mass is 32.2. The molecule has 0 unspecified atom stereocenters. The number of nitrogens with zero attached hydrogens (tertiary/aromatic N) is 1. The summed E-state index contributed by atoms with van der Waals surface area (Å²) in [7, 11) is -4.04. The van der Waals surface area contributed by atoms with Gasteiger partial charge in [-0.05, 0) is 69.0 Å². The van der Waals surface area contributed by atoms with Gasteiger partial charge < -0.3 is 10.5 Å². The van der Waals surface area contributed by atoms with E-state index in [1.54, 1.807) is 27.7 Å². The van der Waals surface area contributed by atoms with Crippen LogP contribution in [0.5, 0.6) is 0 Å². The number of hydrogen-bond acceptors (Lipinski definition) is 7. The van der Waals surface area contributed by atoms with Gasteiger partial charge in [0.1, 0.15) is 12.6 Å². The van der Waals surface area contributed by atoms with Gasteiger partial charge in [-0.3, -0.25) is 19.7 Å². The number of amides is 1. The third-order valence-corrected chi connectivity index (χ3v) is 7.00. The number of nitrogens with two attached hydrogens (primary N) is 1. The Morgan fingerprint density at radius 3 is 2.19 bits per heavy atom. The van der Waals surface area contributed by atoms with Gasteiger partial charge in [0.2, 0.25) is 15.9 Å². The number of nitro benzene ring substituents is 1. The first kappa shape index (κ1) is 25.0. The topological polar surface area (TPSA) is 159 Å². The van der Waals surface area contributed by atoms with E-state index in [2.05, 4.69) is 4.72 Å². The second-order valence-electron chi connectivity index (χ2n) is 7.51. The molecule has 2 rings (SSSR count). The standard InChI is InChI=1S/C21H25N3O7S/c1-11-8-12(2)14(4)19(13(11)3)32(29,30)23-15(5)21(26)31-10-17-7-6-16(20(22)25)9-18(17)24(27)28/h6-9,15,23H,10H2,1-5H3,(H2,22,25)/t15-/m0/s1. The highest BCUT2D eigenvalue weighted by Crippen LogP contribution is 2.26. The molecule has 2 aromatic rings.